The van der Waals surface area contributed by atoms with Gasteiger partial charge >= 0.3 is 0 Å². The van der Waals surface area contributed by atoms with E-state index in [2.05, 4.69) is 43.1 Å². The van der Waals surface area contributed by atoms with Crippen molar-refractivity contribution < 1.29 is 4.79 Å². The lowest BCUT2D eigenvalue weighted by atomic mass is 10.1. The molecule has 1 saturated carbocycles. The largest absolute Gasteiger partial charge is 0.368 e. The molecule has 5 rings (SSSR count). The third kappa shape index (κ3) is 4.01. The van der Waals surface area contributed by atoms with Crippen molar-refractivity contribution in [1.82, 2.24) is 19.9 Å². The highest BCUT2D eigenvalue weighted by atomic mass is 16.2. The molecule has 2 fully saturated rings. The van der Waals surface area contributed by atoms with Gasteiger partial charge in [-0.25, -0.2) is 9.97 Å². The van der Waals surface area contributed by atoms with E-state index in [9.17, 15) is 4.79 Å². The summed E-state index contributed by atoms with van der Waals surface area (Å²) in [5.74, 6) is 2.14. The summed E-state index contributed by atoms with van der Waals surface area (Å²) in [6.07, 6.45) is 8.28. The standard InChI is InChI=1S/C22H30N8O/c1-27-9-11-29(12-10-27)17-7-8-19(23-13-17)25-22-24-14-18-21(26-22)30(15-20(31)28(18)2)16-5-3-4-6-16/h7-8,13-14,16H,3-6,9-12,15H2,1-2H3,(H,23,24,25,26). The molecule has 0 spiro atoms. The van der Waals surface area contributed by atoms with Crippen molar-refractivity contribution in [2.45, 2.75) is 31.7 Å². The van der Waals surface area contributed by atoms with Gasteiger partial charge in [0.15, 0.2) is 5.82 Å². The van der Waals surface area contributed by atoms with E-state index >= 15 is 0 Å². The fourth-order valence-corrected chi connectivity index (χ4v) is 4.68. The Balaban J connectivity index is 1.34. The van der Waals surface area contributed by atoms with Gasteiger partial charge in [-0.3, -0.25) is 4.79 Å². The Morgan fingerprint density at radius 2 is 1.77 bits per heavy atom. The zero-order chi connectivity index (χ0) is 21.4. The number of aromatic nitrogens is 3. The second-order valence-corrected chi connectivity index (χ2v) is 8.74. The maximum atomic E-state index is 12.5. The number of carbonyl (C=O) groups is 1. The molecule has 31 heavy (non-hydrogen) atoms. The molecule has 1 saturated heterocycles. The molecule has 0 radical (unpaired) electrons. The lowest BCUT2D eigenvalue weighted by Gasteiger charge is -2.37. The minimum absolute atomic E-state index is 0.0878. The summed E-state index contributed by atoms with van der Waals surface area (Å²) in [5, 5.41) is 3.24. The maximum Gasteiger partial charge on any atom is 0.246 e. The predicted octanol–water partition coefficient (Wildman–Crippen LogP) is 2.09. The van der Waals surface area contributed by atoms with Crippen LogP contribution in [-0.2, 0) is 4.79 Å². The molecule has 4 heterocycles. The van der Waals surface area contributed by atoms with Crippen LogP contribution in [0.2, 0.25) is 0 Å². The third-order valence-corrected chi connectivity index (χ3v) is 6.68. The first-order chi connectivity index (χ1) is 15.1. The molecule has 9 nitrogen and oxygen atoms in total. The number of likely N-dealkylation sites (N-methyl/N-ethyl adjacent to an activating group) is 2. The monoisotopic (exact) mass is 422 g/mol. The van der Waals surface area contributed by atoms with E-state index in [4.69, 9.17) is 4.98 Å². The number of anilines is 5. The maximum absolute atomic E-state index is 12.5. The van der Waals surface area contributed by atoms with E-state index in [-0.39, 0.29) is 5.91 Å². The van der Waals surface area contributed by atoms with Gasteiger partial charge in [-0.05, 0) is 32.0 Å². The Labute approximate surface area is 183 Å². The van der Waals surface area contributed by atoms with E-state index in [1.807, 2.05) is 12.3 Å². The van der Waals surface area contributed by atoms with Crippen LogP contribution < -0.4 is 20.0 Å². The fourth-order valence-electron chi connectivity index (χ4n) is 4.68. The molecule has 9 heteroatoms. The van der Waals surface area contributed by atoms with Crippen LogP contribution in [-0.4, -0.2) is 78.6 Å². The van der Waals surface area contributed by atoms with Crippen LogP contribution in [0.15, 0.2) is 24.5 Å². The smallest absolute Gasteiger partial charge is 0.246 e. The van der Waals surface area contributed by atoms with E-state index in [0.29, 0.717) is 24.4 Å². The topological polar surface area (TPSA) is 80.7 Å². The number of nitrogens with one attached hydrogen (secondary N) is 1. The normalized spacial score (nSPS) is 20.3. The summed E-state index contributed by atoms with van der Waals surface area (Å²) in [5.41, 5.74) is 1.91. The van der Waals surface area contributed by atoms with E-state index in [1.54, 1.807) is 18.1 Å². The highest BCUT2D eigenvalue weighted by Crippen LogP contribution is 2.36. The number of carbonyl (C=O) groups excluding carboxylic acids is 1. The number of pyridine rings is 1. The van der Waals surface area contributed by atoms with E-state index in [0.717, 1.165) is 56.2 Å². The van der Waals surface area contributed by atoms with E-state index < -0.39 is 0 Å². The van der Waals surface area contributed by atoms with Crippen LogP contribution >= 0.6 is 0 Å². The van der Waals surface area contributed by atoms with Gasteiger partial charge in [-0.2, -0.15) is 4.98 Å². The minimum Gasteiger partial charge on any atom is -0.368 e. The molecule has 1 amide bonds. The number of rotatable bonds is 4. The van der Waals surface area contributed by atoms with Crippen LogP contribution in [0, 0.1) is 0 Å². The average molecular weight is 423 g/mol. The molecule has 164 valence electrons. The third-order valence-electron chi connectivity index (χ3n) is 6.68. The number of nitrogens with zero attached hydrogens (tertiary/aromatic N) is 7. The van der Waals surface area contributed by atoms with Crippen molar-refractivity contribution >= 4 is 34.9 Å². The molecule has 0 unspecified atom stereocenters. The van der Waals surface area contributed by atoms with Crippen LogP contribution in [0.1, 0.15) is 25.7 Å². The molecule has 0 bridgehead atoms. The van der Waals surface area contributed by atoms with Gasteiger partial charge in [-0.15, -0.1) is 0 Å². The second kappa shape index (κ2) is 8.30. The molecule has 0 atom stereocenters. The van der Waals surface area contributed by atoms with Crippen molar-refractivity contribution in [1.29, 1.82) is 0 Å². The lowest BCUT2D eigenvalue weighted by Crippen LogP contribution is -2.48. The zero-order valence-corrected chi connectivity index (χ0v) is 18.3. The Morgan fingerprint density at radius 1 is 1.00 bits per heavy atom. The van der Waals surface area contributed by atoms with Crippen LogP contribution in [0.5, 0.6) is 0 Å². The van der Waals surface area contributed by atoms with Crippen molar-refractivity contribution in [3.8, 4) is 0 Å². The quantitative estimate of drug-likeness (QED) is 0.802. The summed E-state index contributed by atoms with van der Waals surface area (Å²) in [6.45, 7) is 4.54. The Hall–Kier alpha value is -2.94. The minimum atomic E-state index is 0.0878. The summed E-state index contributed by atoms with van der Waals surface area (Å²) < 4.78 is 0. The second-order valence-electron chi connectivity index (χ2n) is 8.74. The number of hydrogen-bond donors (Lipinski definition) is 1. The van der Waals surface area contributed by atoms with Gasteiger partial charge < -0.3 is 24.9 Å². The Kier molecular flexibility index (Phi) is 5.35. The van der Waals surface area contributed by atoms with Crippen molar-refractivity contribution in [2.24, 2.45) is 0 Å². The van der Waals surface area contributed by atoms with Gasteiger partial charge in [0.1, 0.15) is 11.5 Å². The number of hydrogen-bond acceptors (Lipinski definition) is 8. The fraction of sp³-hybridized carbons (Fsp3) is 0.545. The summed E-state index contributed by atoms with van der Waals surface area (Å²) in [4.78, 5) is 34.8. The van der Waals surface area contributed by atoms with Gasteiger partial charge in [0, 0.05) is 39.3 Å². The van der Waals surface area contributed by atoms with Gasteiger partial charge in [-0.1, -0.05) is 12.8 Å². The Bertz CT molecular complexity index is 935. The highest BCUT2D eigenvalue weighted by molar-refractivity contribution is 6.02. The first-order valence-corrected chi connectivity index (χ1v) is 11.2. The predicted molar refractivity (Wildman–Crippen MR) is 122 cm³/mol. The number of amides is 1. The first-order valence-electron chi connectivity index (χ1n) is 11.2. The Morgan fingerprint density at radius 3 is 2.48 bits per heavy atom. The first kappa shape index (κ1) is 20.0. The molecule has 2 aromatic heterocycles. The van der Waals surface area contributed by atoms with Crippen LogP contribution in [0.4, 0.5) is 29.0 Å². The van der Waals surface area contributed by atoms with Crippen molar-refractivity contribution in [3.05, 3.63) is 24.5 Å². The molecular weight excluding hydrogens is 392 g/mol. The van der Waals surface area contributed by atoms with Crippen molar-refractivity contribution in [2.75, 3.05) is 66.8 Å². The van der Waals surface area contributed by atoms with Crippen LogP contribution in [0.3, 0.4) is 0 Å². The molecular formula is C22H30N8O. The van der Waals surface area contributed by atoms with Crippen LogP contribution in [0.25, 0.3) is 0 Å². The van der Waals surface area contributed by atoms with Crippen molar-refractivity contribution in [3.63, 3.8) is 0 Å². The number of piperazine rings is 1. The molecule has 2 aliphatic heterocycles. The number of fused-ring (bicyclic) bond motifs is 1. The average Bonchev–Trinajstić information content (AvgIpc) is 3.32. The molecule has 1 N–H and O–H groups in total. The van der Waals surface area contributed by atoms with Gasteiger partial charge in [0.05, 0.1) is 24.6 Å². The summed E-state index contributed by atoms with van der Waals surface area (Å²) in [6, 6.07) is 4.44. The SMILES string of the molecule is CN1CCN(c2ccc(Nc3ncc4c(n3)N(C3CCCC3)CC(=O)N4C)nc2)CC1. The molecule has 1 aliphatic carbocycles. The van der Waals surface area contributed by atoms with E-state index in [1.165, 1.54) is 12.8 Å². The highest BCUT2D eigenvalue weighted by Gasteiger charge is 2.34. The summed E-state index contributed by atoms with van der Waals surface area (Å²) >= 11 is 0. The molecule has 0 aromatic carbocycles. The van der Waals surface area contributed by atoms with Gasteiger partial charge in [0.25, 0.3) is 0 Å². The summed E-state index contributed by atoms with van der Waals surface area (Å²) in [7, 11) is 3.95. The molecule has 3 aliphatic rings. The molecule has 2 aromatic rings. The lowest BCUT2D eigenvalue weighted by molar-refractivity contribution is -0.117. The van der Waals surface area contributed by atoms with Gasteiger partial charge in [0.2, 0.25) is 11.9 Å². The zero-order valence-electron chi connectivity index (χ0n) is 18.3.